The molecule has 0 amide bonds. The summed E-state index contributed by atoms with van der Waals surface area (Å²) in [5, 5.41) is 17.9. The molecule has 0 saturated carbocycles. The molecule has 22 heavy (non-hydrogen) atoms. The number of rotatable bonds is 6. The largest absolute Gasteiger partial charge is 0.386 e. The van der Waals surface area contributed by atoms with Crippen LogP contribution in [0.15, 0.2) is 35.3 Å². The van der Waals surface area contributed by atoms with Crippen molar-refractivity contribution in [2.45, 2.75) is 25.9 Å². The SMILES string of the molecule is CCCCNC(=NC)NCC(O)c1cc2ccccc2s1.I. The Morgan fingerprint density at radius 3 is 2.77 bits per heavy atom. The van der Waals surface area contributed by atoms with Gasteiger partial charge in [0.15, 0.2) is 5.96 Å². The van der Waals surface area contributed by atoms with Crippen molar-refractivity contribution in [1.82, 2.24) is 10.6 Å². The maximum Gasteiger partial charge on any atom is 0.191 e. The quantitative estimate of drug-likeness (QED) is 0.283. The summed E-state index contributed by atoms with van der Waals surface area (Å²) in [6.07, 6.45) is 1.74. The zero-order valence-corrected chi connectivity index (χ0v) is 16.2. The summed E-state index contributed by atoms with van der Waals surface area (Å²) in [6, 6.07) is 10.2. The first-order valence-electron chi connectivity index (χ1n) is 7.35. The Kier molecular flexibility index (Phi) is 8.74. The lowest BCUT2D eigenvalue weighted by Gasteiger charge is -2.14. The molecule has 1 unspecified atom stereocenters. The minimum atomic E-state index is -0.521. The molecule has 6 heteroatoms. The number of thiophene rings is 1. The number of halogens is 1. The molecule has 0 aliphatic rings. The van der Waals surface area contributed by atoms with Crippen LogP contribution in [0.3, 0.4) is 0 Å². The van der Waals surface area contributed by atoms with Crippen LogP contribution >= 0.6 is 35.3 Å². The Morgan fingerprint density at radius 1 is 1.32 bits per heavy atom. The number of nitrogens with zero attached hydrogens (tertiary/aromatic N) is 1. The molecule has 1 aromatic heterocycles. The topological polar surface area (TPSA) is 56.7 Å². The van der Waals surface area contributed by atoms with Gasteiger partial charge in [0.25, 0.3) is 0 Å². The molecule has 4 nitrogen and oxygen atoms in total. The van der Waals surface area contributed by atoms with Crippen molar-refractivity contribution in [3.8, 4) is 0 Å². The number of benzene rings is 1. The van der Waals surface area contributed by atoms with E-state index < -0.39 is 6.10 Å². The van der Waals surface area contributed by atoms with E-state index in [1.807, 2.05) is 12.1 Å². The molecule has 0 bridgehead atoms. The van der Waals surface area contributed by atoms with Gasteiger partial charge in [-0.3, -0.25) is 4.99 Å². The van der Waals surface area contributed by atoms with Crippen molar-refractivity contribution < 1.29 is 5.11 Å². The molecule has 0 aliphatic carbocycles. The van der Waals surface area contributed by atoms with E-state index in [4.69, 9.17) is 0 Å². The Morgan fingerprint density at radius 2 is 2.09 bits per heavy atom. The third-order valence-electron chi connectivity index (χ3n) is 3.28. The van der Waals surface area contributed by atoms with Crippen molar-refractivity contribution in [1.29, 1.82) is 0 Å². The fraction of sp³-hybridized carbons (Fsp3) is 0.438. The van der Waals surface area contributed by atoms with Crippen LogP contribution in [0, 0.1) is 0 Å². The Hall–Kier alpha value is -0.860. The Labute approximate surface area is 153 Å². The number of aliphatic imine (C=N–C) groups is 1. The minimum Gasteiger partial charge on any atom is -0.386 e. The molecule has 0 aliphatic heterocycles. The average molecular weight is 433 g/mol. The summed E-state index contributed by atoms with van der Waals surface area (Å²) in [6.45, 7) is 3.51. The number of guanidine groups is 1. The number of hydrogen-bond acceptors (Lipinski definition) is 3. The van der Waals surface area contributed by atoms with E-state index in [1.165, 1.54) is 10.1 Å². The molecule has 122 valence electrons. The summed E-state index contributed by atoms with van der Waals surface area (Å²) in [5.74, 6) is 0.739. The van der Waals surface area contributed by atoms with Crippen LogP contribution in [-0.4, -0.2) is 31.2 Å². The molecule has 1 aromatic carbocycles. The second-order valence-corrected chi connectivity index (χ2v) is 6.05. The van der Waals surface area contributed by atoms with Gasteiger partial charge in [0.1, 0.15) is 6.10 Å². The summed E-state index contributed by atoms with van der Waals surface area (Å²) in [5.41, 5.74) is 0. The number of fused-ring (bicyclic) bond motifs is 1. The number of aliphatic hydroxyl groups excluding tert-OH is 1. The number of nitrogens with one attached hydrogen (secondary N) is 2. The van der Waals surface area contributed by atoms with Crippen LogP contribution in [0.25, 0.3) is 10.1 Å². The van der Waals surface area contributed by atoms with Gasteiger partial charge in [-0.15, -0.1) is 35.3 Å². The number of hydrogen-bond donors (Lipinski definition) is 3. The third kappa shape index (κ3) is 5.40. The van der Waals surface area contributed by atoms with Crippen LogP contribution in [0.2, 0.25) is 0 Å². The zero-order valence-electron chi connectivity index (χ0n) is 13.0. The number of unbranched alkanes of at least 4 members (excludes halogenated alkanes) is 1. The minimum absolute atomic E-state index is 0. The first-order valence-corrected chi connectivity index (χ1v) is 8.17. The lowest BCUT2D eigenvalue weighted by Crippen LogP contribution is -2.39. The second kappa shape index (κ2) is 10.0. The van der Waals surface area contributed by atoms with E-state index in [2.05, 4.69) is 40.7 Å². The maximum atomic E-state index is 10.3. The average Bonchev–Trinajstić information content (AvgIpc) is 2.94. The first kappa shape index (κ1) is 19.2. The van der Waals surface area contributed by atoms with Crippen LogP contribution < -0.4 is 10.6 Å². The van der Waals surface area contributed by atoms with Gasteiger partial charge in [-0.25, -0.2) is 0 Å². The summed E-state index contributed by atoms with van der Waals surface area (Å²) in [4.78, 5) is 5.13. The van der Waals surface area contributed by atoms with Gasteiger partial charge in [0.2, 0.25) is 0 Å². The maximum absolute atomic E-state index is 10.3. The highest BCUT2D eigenvalue weighted by molar-refractivity contribution is 14.0. The standard InChI is InChI=1S/C16H23N3OS.HI/c1-3-4-9-18-16(17-2)19-11-13(20)15-10-12-7-5-6-8-14(12)21-15;/h5-8,10,13,20H,3-4,9,11H2,1-2H3,(H2,17,18,19);1H. The predicted octanol–water partition coefficient (Wildman–Crippen LogP) is 3.52. The van der Waals surface area contributed by atoms with E-state index in [-0.39, 0.29) is 24.0 Å². The van der Waals surface area contributed by atoms with Gasteiger partial charge in [-0.2, -0.15) is 0 Å². The Balaban J connectivity index is 0.00000242. The van der Waals surface area contributed by atoms with E-state index in [1.54, 1.807) is 18.4 Å². The number of aliphatic hydroxyl groups is 1. The normalized spacial score (nSPS) is 12.8. The summed E-state index contributed by atoms with van der Waals surface area (Å²) < 4.78 is 1.21. The van der Waals surface area contributed by atoms with E-state index in [9.17, 15) is 5.11 Å². The molecular weight excluding hydrogens is 409 g/mol. The lowest BCUT2D eigenvalue weighted by molar-refractivity contribution is 0.184. The highest BCUT2D eigenvalue weighted by Crippen LogP contribution is 2.29. The van der Waals surface area contributed by atoms with Crippen LogP contribution in [0.1, 0.15) is 30.7 Å². The molecule has 0 fully saturated rings. The third-order valence-corrected chi connectivity index (χ3v) is 4.50. The van der Waals surface area contributed by atoms with E-state index in [0.29, 0.717) is 6.54 Å². The molecule has 2 aromatic rings. The van der Waals surface area contributed by atoms with Gasteiger partial charge >= 0.3 is 0 Å². The van der Waals surface area contributed by atoms with Crippen molar-refractivity contribution >= 4 is 51.4 Å². The van der Waals surface area contributed by atoms with E-state index >= 15 is 0 Å². The van der Waals surface area contributed by atoms with Gasteiger partial charge in [-0.05, 0) is 23.9 Å². The van der Waals surface area contributed by atoms with Crippen molar-refractivity contribution in [3.05, 3.63) is 35.2 Å². The van der Waals surface area contributed by atoms with Crippen LogP contribution in [0.5, 0.6) is 0 Å². The van der Waals surface area contributed by atoms with Gasteiger partial charge in [0, 0.05) is 29.7 Å². The highest BCUT2D eigenvalue weighted by atomic mass is 127. The van der Waals surface area contributed by atoms with Crippen LogP contribution in [0.4, 0.5) is 0 Å². The molecule has 0 radical (unpaired) electrons. The summed E-state index contributed by atoms with van der Waals surface area (Å²) >= 11 is 1.64. The first-order chi connectivity index (χ1) is 10.2. The van der Waals surface area contributed by atoms with Crippen molar-refractivity contribution in [3.63, 3.8) is 0 Å². The fourth-order valence-corrected chi connectivity index (χ4v) is 3.12. The molecular formula is C16H24IN3OS. The monoisotopic (exact) mass is 433 g/mol. The molecule has 3 N–H and O–H groups in total. The highest BCUT2D eigenvalue weighted by Gasteiger charge is 2.11. The van der Waals surface area contributed by atoms with Gasteiger partial charge in [-0.1, -0.05) is 31.5 Å². The molecule has 1 atom stereocenters. The lowest BCUT2D eigenvalue weighted by atomic mass is 10.2. The predicted molar refractivity (Wildman–Crippen MR) is 106 cm³/mol. The smallest absolute Gasteiger partial charge is 0.191 e. The molecule has 1 heterocycles. The molecule has 2 rings (SSSR count). The van der Waals surface area contributed by atoms with Crippen molar-refractivity contribution in [2.24, 2.45) is 4.99 Å². The second-order valence-electron chi connectivity index (χ2n) is 4.94. The van der Waals surface area contributed by atoms with Crippen LogP contribution in [-0.2, 0) is 0 Å². The van der Waals surface area contributed by atoms with Crippen molar-refractivity contribution in [2.75, 3.05) is 20.1 Å². The Bertz CT molecular complexity index is 567. The van der Waals surface area contributed by atoms with E-state index in [0.717, 1.165) is 30.2 Å². The van der Waals surface area contributed by atoms with Gasteiger partial charge in [0.05, 0.1) is 0 Å². The fourth-order valence-electron chi connectivity index (χ4n) is 2.06. The zero-order chi connectivity index (χ0) is 15.1. The van der Waals surface area contributed by atoms with Gasteiger partial charge < -0.3 is 15.7 Å². The summed E-state index contributed by atoms with van der Waals surface area (Å²) in [7, 11) is 1.74. The molecule has 0 spiro atoms. The molecule has 0 saturated heterocycles.